The Hall–Kier alpha value is -3.77. The van der Waals surface area contributed by atoms with E-state index in [-0.39, 0.29) is 12.5 Å². The van der Waals surface area contributed by atoms with Crippen molar-refractivity contribution in [2.45, 2.75) is 32.0 Å². The van der Waals surface area contributed by atoms with Crippen molar-refractivity contribution in [3.05, 3.63) is 88.8 Å². The van der Waals surface area contributed by atoms with Crippen LogP contribution in [0.4, 0.5) is 0 Å². The van der Waals surface area contributed by atoms with Crippen molar-refractivity contribution in [3.63, 3.8) is 0 Å². The number of nitrogens with two attached hydrogens (primary N) is 1. The van der Waals surface area contributed by atoms with Crippen molar-refractivity contribution in [2.75, 3.05) is 6.61 Å². The fourth-order valence-corrected chi connectivity index (χ4v) is 3.75. The molecular formula is C26H25ClN6O2. The first kappa shape index (κ1) is 24.4. The van der Waals surface area contributed by atoms with Gasteiger partial charge in [-0.05, 0) is 43.2 Å². The second kappa shape index (κ2) is 10.2. The van der Waals surface area contributed by atoms with Crippen molar-refractivity contribution < 1.29 is 9.53 Å². The molecule has 0 aliphatic rings. The van der Waals surface area contributed by atoms with E-state index in [1.807, 2.05) is 42.5 Å². The van der Waals surface area contributed by atoms with Gasteiger partial charge >= 0.3 is 0 Å². The van der Waals surface area contributed by atoms with Crippen LogP contribution in [0.3, 0.4) is 0 Å². The summed E-state index contributed by atoms with van der Waals surface area (Å²) in [6.07, 6.45) is 1.70. The average Bonchev–Trinajstić information content (AvgIpc) is 3.26. The maximum atomic E-state index is 12.8. The summed E-state index contributed by atoms with van der Waals surface area (Å²) in [5.74, 6) is 0.111. The summed E-state index contributed by atoms with van der Waals surface area (Å²) < 4.78 is 7.68. The minimum absolute atomic E-state index is 0.149. The molecule has 0 aliphatic carbocycles. The average molecular weight is 489 g/mol. The second-order valence-corrected chi connectivity index (χ2v) is 9.20. The number of halogens is 1. The van der Waals surface area contributed by atoms with Gasteiger partial charge in [0, 0.05) is 11.8 Å². The number of ether oxygens (including phenoxy) is 1. The molecule has 1 atom stereocenters. The van der Waals surface area contributed by atoms with Crippen LogP contribution in [0, 0.1) is 11.3 Å². The number of carbonyl (C=O) groups is 1. The van der Waals surface area contributed by atoms with Crippen molar-refractivity contribution in [3.8, 4) is 17.2 Å². The lowest BCUT2D eigenvalue weighted by atomic mass is 10.0. The minimum Gasteiger partial charge on any atom is -0.374 e. The normalized spacial score (nSPS) is 12.3. The number of hydrogen-bond donors (Lipinski definition) is 2. The molecule has 0 unspecified atom stereocenters. The first-order valence-electron chi connectivity index (χ1n) is 11.0. The predicted octanol–water partition coefficient (Wildman–Crippen LogP) is 4.03. The van der Waals surface area contributed by atoms with E-state index in [1.165, 1.54) is 0 Å². The highest BCUT2D eigenvalue weighted by atomic mass is 35.5. The predicted molar refractivity (Wildman–Crippen MR) is 133 cm³/mol. The Kier molecular flexibility index (Phi) is 7.12. The molecule has 3 N–H and O–H groups in total. The summed E-state index contributed by atoms with van der Waals surface area (Å²) in [5.41, 5.74) is 8.63. The molecule has 2 aromatic carbocycles. The monoisotopic (exact) mass is 488 g/mol. The third-order valence-corrected chi connectivity index (χ3v) is 5.63. The highest BCUT2D eigenvalue weighted by Gasteiger charge is 2.28. The first-order chi connectivity index (χ1) is 16.8. The van der Waals surface area contributed by atoms with Crippen molar-refractivity contribution in [1.29, 1.82) is 5.26 Å². The highest BCUT2D eigenvalue weighted by molar-refractivity contribution is 6.30. The van der Waals surface area contributed by atoms with Crippen LogP contribution in [0.15, 0.2) is 66.9 Å². The third-order valence-electron chi connectivity index (χ3n) is 5.42. The van der Waals surface area contributed by atoms with Gasteiger partial charge in [0.05, 0.1) is 35.4 Å². The van der Waals surface area contributed by atoms with Gasteiger partial charge in [0.2, 0.25) is 5.91 Å². The molecule has 2 heterocycles. The zero-order valence-electron chi connectivity index (χ0n) is 19.4. The van der Waals surface area contributed by atoms with Crippen molar-refractivity contribution in [2.24, 2.45) is 5.73 Å². The summed E-state index contributed by atoms with van der Waals surface area (Å²) >= 11 is 6.46. The molecule has 0 aliphatic heterocycles. The quantitative estimate of drug-likeness (QED) is 0.386. The van der Waals surface area contributed by atoms with Crippen LogP contribution in [0.1, 0.15) is 36.8 Å². The molecule has 4 aromatic rings. The van der Waals surface area contributed by atoms with Gasteiger partial charge in [-0.3, -0.25) is 9.20 Å². The van der Waals surface area contributed by atoms with Crippen LogP contribution in [0.2, 0.25) is 5.02 Å². The lowest BCUT2D eigenvalue weighted by Crippen LogP contribution is -2.50. The second-order valence-electron chi connectivity index (χ2n) is 8.76. The summed E-state index contributed by atoms with van der Waals surface area (Å²) in [6, 6.07) is 20.1. The van der Waals surface area contributed by atoms with Gasteiger partial charge in [0.25, 0.3) is 0 Å². The van der Waals surface area contributed by atoms with Crippen LogP contribution in [-0.4, -0.2) is 32.7 Å². The van der Waals surface area contributed by atoms with E-state index >= 15 is 0 Å². The number of benzene rings is 2. The van der Waals surface area contributed by atoms with E-state index in [1.54, 1.807) is 42.6 Å². The highest BCUT2D eigenvalue weighted by Crippen LogP contribution is 2.29. The zero-order chi connectivity index (χ0) is 25.0. The van der Waals surface area contributed by atoms with Crippen LogP contribution in [0.5, 0.6) is 0 Å². The van der Waals surface area contributed by atoms with E-state index in [0.29, 0.717) is 28.7 Å². The topological polar surface area (TPSA) is 118 Å². The van der Waals surface area contributed by atoms with Crippen LogP contribution >= 0.6 is 11.6 Å². The van der Waals surface area contributed by atoms with E-state index in [2.05, 4.69) is 21.6 Å². The van der Waals surface area contributed by atoms with Gasteiger partial charge in [-0.1, -0.05) is 54.1 Å². The molecule has 178 valence electrons. The molecular weight excluding hydrogens is 464 g/mol. The van der Waals surface area contributed by atoms with Gasteiger partial charge in [-0.2, -0.15) is 5.26 Å². The Balaban J connectivity index is 1.70. The molecule has 4 rings (SSSR count). The number of aromatic nitrogens is 3. The summed E-state index contributed by atoms with van der Waals surface area (Å²) in [6.45, 7) is 3.78. The Morgan fingerprint density at radius 2 is 1.91 bits per heavy atom. The molecule has 35 heavy (non-hydrogen) atoms. The molecule has 0 saturated heterocycles. The lowest BCUT2D eigenvalue weighted by Gasteiger charge is -2.23. The van der Waals surface area contributed by atoms with Crippen LogP contribution in [-0.2, 0) is 16.1 Å². The Morgan fingerprint density at radius 1 is 1.20 bits per heavy atom. The van der Waals surface area contributed by atoms with Crippen molar-refractivity contribution in [1.82, 2.24) is 19.9 Å². The number of hydrogen-bond acceptors (Lipinski definition) is 6. The Labute approximate surface area is 208 Å². The van der Waals surface area contributed by atoms with E-state index in [0.717, 1.165) is 16.7 Å². The largest absolute Gasteiger partial charge is 0.374 e. The standard InChI is InChI=1S/C26H25ClN6O2/c1-26(2,29)25(34)30-22(16-35-15-18-6-4-3-5-7-18)24-32-31-23-21(12-20(27)14-33(23)24)19-10-8-17(13-28)9-11-19/h3-12,14,22H,15-16,29H2,1-2H3,(H,30,34)/t22-/m1/s1. The summed E-state index contributed by atoms with van der Waals surface area (Å²) in [4.78, 5) is 12.8. The molecule has 0 bridgehead atoms. The van der Waals surface area contributed by atoms with Gasteiger partial charge < -0.3 is 15.8 Å². The number of fused-ring (bicyclic) bond motifs is 1. The van der Waals surface area contributed by atoms with Gasteiger partial charge in [0.1, 0.15) is 6.04 Å². The van der Waals surface area contributed by atoms with Crippen LogP contribution in [0.25, 0.3) is 16.8 Å². The molecule has 0 saturated carbocycles. The molecule has 2 aromatic heterocycles. The molecule has 1 amide bonds. The maximum absolute atomic E-state index is 12.8. The number of pyridine rings is 1. The zero-order valence-corrected chi connectivity index (χ0v) is 20.2. The fraction of sp³-hybridized carbons (Fsp3) is 0.231. The maximum Gasteiger partial charge on any atom is 0.240 e. The van der Waals surface area contributed by atoms with Crippen LogP contribution < -0.4 is 11.1 Å². The molecule has 0 spiro atoms. The van der Waals surface area contributed by atoms with Crippen molar-refractivity contribution >= 4 is 23.2 Å². The summed E-state index contributed by atoms with van der Waals surface area (Å²) in [7, 11) is 0. The molecule has 8 nitrogen and oxygen atoms in total. The Morgan fingerprint density at radius 3 is 2.57 bits per heavy atom. The molecule has 9 heteroatoms. The third kappa shape index (κ3) is 5.66. The SMILES string of the molecule is CC(C)(N)C(=O)N[C@H](COCc1ccccc1)c1nnc2c(-c3ccc(C#N)cc3)cc(Cl)cn12. The number of nitriles is 1. The number of rotatable bonds is 8. The van der Waals surface area contributed by atoms with E-state index in [4.69, 9.17) is 27.3 Å². The number of nitrogens with zero attached hydrogens (tertiary/aromatic N) is 4. The smallest absolute Gasteiger partial charge is 0.240 e. The molecule has 0 fully saturated rings. The fourth-order valence-electron chi connectivity index (χ4n) is 3.55. The molecule has 0 radical (unpaired) electrons. The lowest BCUT2D eigenvalue weighted by molar-refractivity contribution is -0.126. The van der Waals surface area contributed by atoms with Gasteiger partial charge in [0.15, 0.2) is 11.5 Å². The number of carbonyl (C=O) groups excluding carboxylic acids is 1. The first-order valence-corrected chi connectivity index (χ1v) is 11.4. The van der Waals surface area contributed by atoms with E-state index in [9.17, 15) is 4.79 Å². The van der Waals surface area contributed by atoms with Gasteiger partial charge in [-0.25, -0.2) is 0 Å². The van der Waals surface area contributed by atoms with E-state index < -0.39 is 11.6 Å². The number of nitrogens with one attached hydrogen (secondary N) is 1. The minimum atomic E-state index is -1.09. The van der Waals surface area contributed by atoms with Gasteiger partial charge in [-0.15, -0.1) is 10.2 Å². The number of amides is 1. The summed E-state index contributed by atoms with van der Waals surface area (Å²) in [5, 5.41) is 21.3. The Bertz CT molecular complexity index is 1370.